The predicted octanol–water partition coefficient (Wildman–Crippen LogP) is 2.92. The molecular weight excluding hydrogens is 398 g/mol. The Balaban J connectivity index is 1.79. The molecule has 1 atom stereocenters. The highest BCUT2D eigenvalue weighted by Gasteiger charge is 2.22. The second-order valence-corrected chi connectivity index (χ2v) is 6.91. The first-order valence-electron chi connectivity index (χ1n) is 9.64. The third-order valence-corrected chi connectivity index (χ3v) is 4.76. The first kappa shape index (κ1) is 21.9. The van der Waals surface area contributed by atoms with Crippen molar-refractivity contribution in [1.29, 1.82) is 0 Å². The Bertz CT molecular complexity index is 1040. The fraction of sp³-hybridized carbons (Fsp3) is 0.261. The number of amides is 1. The molecule has 8 nitrogen and oxygen atoms in total. The minimum Gasteiger partial charge on any atom is -0.497 e. The van der Waals surface area contributed by atoms with E-state index in [1.54, 1.807) is 56.9 Å². The van der Waals surface area contributed by atoms with Crippen LogP contribution in [0.4, 0.5) is 0 Å². The lowest BCUT2D eigenvalue weighted by Crippen LogP contribution is -2.34. The summed E-state index contributed by atoms with van der Waals surface area (Å²) in [4.78, 5) is 28.5. The van der Waals surface area contributed by atoms with E-state index in [4.69, 9.17) is 14.2 Å². The van der Waals surface area contributed by atoms with E-state index in [1.165, 1.54) is 6.92 Å². The van der Waals surface area contributed by atoms with Crippen LogP contribution in [-0.4, -0.2) is 42.1 Å². The first-order valence-corrected chi connectivity index (χ1v) is 9.64. The van der Waals surface area contributed by atoms with E-state index in [0.29, 0.717) is 28.6 Å². The third-order valence-electron chi connectivity index (χ3n) is 4.76. The molecule has 1 N–H and O–H groups in total. The van der Waals surface area contributed by atoms with E-state index >= 15 is 0 Å². The van der Waals surface area contributed by atoms with Crippen LogP contribution in [-0.2, 0) is 11.8 Å². The summed E-state index contributed by atoms with van der Waals surface area (Å²) in [5.74, 6) is 1.99. The van der Waals surface area contributed by atoms with Gasteiger partial charge in [-0.1, -0.05) is 0 Å². The van der Waals surface area contributed by atoms with E-state index in [2.05, 4.69) is 10.3 Å². The molecule has 0 spiro atoms. The van der Waals surface area contributed by atoms with Gasteiger partial charge in [-0.05, 0) is 48.9 Å². The number of rotatable bonds is 9. The maximum atomic E-state index is 12.7. The van der Waals surface area contributed by atoms with Crippen LogP contribution in [0.3, 0.4) is 0 Å². The van der Waals surface area contributed by atoms with Gasteiger partial charge >= 0.3 is 0 Å². The maximum absolute atomic E-state index is 12.7. The Morgan fingerprint density at radius 2 is 1.68 bits per heavy atom. The molecule has 3 rings (SSSR count). The highest BCUT2D eigenvalue weighted by molar-refractivity contribution is 5.94. The lowest BCUT2D eigenvalue weighted by Gasteiger charge is -2.20. The number of carbonyl (C=O) groups excluding carboxylic acids is 2. The number of imidazole rings is 1. The highest BCUT2D eigenvalue weighted by atomic mass is 16.5. The minimum atomic E-state index is -0.541. The summed E-state index contributed by atoms with van der Waals surface area (Å²) in [5, 5.41) is 2.97. The van der Waals surface area contributed by atoms with E-state index in [9.17, 15) is 9.59 Å². The van der Waals surface area contributed by atoms with Crippen LogP contribution in [0.25, 0.3) is 0 Å². The molecule has 0 fully saturated rings. The number of Topliss-reactive ketones (excluding diaryl/α,β-unsaturated/α-hetero) is 1. The fourth-order valence-electron chi connectivity index (χ4n) is 3.09. The van der Waals surface area contributed by atoms with E-state index < -0.39 is 6.04 Å². The molecule has 0 bridgehead atoms. The van der Waals surface area contributed by atoms with Gasteiger partial charge in [-0.15, -0.1) is 0 Å². The van der Waals surface area contributed by atoms with Crippen LogP contribution in [0, 0.1) is 0 Å². The molecule has 162 valence electrons. The van der Waals surface area contributed by atoms with E-state index in [0.717, 1.165) is 5.56 Å². The van der Waals surface area contributed by atoms with Crippen LogP contribution in [0.1, 0.15) is 34.7 Å². The summed E-state index contributed by atoms with van der Waals surface area (Å²) < 4.78 is 18.1. The molecule has 1 aromatic heterocycles. The quantitative estimate of drug-likeness (QED) is 0.532. The van der Waals surface area contributed by atoms with Crippen LogP contribution >= 0.6 is 0 Å². The number of nitrogens with zero attached hydrogens (tertiary/aromatic N) is 2. The van der Waals surface area contributed by atoms with Gasteiger partial charge < -0.3 is 24.1 Å². The maximum Gasteiger partial charge on any atom is 0.258 e. The number of nitrogens with one attached hydrogen (secondary N) is 1. The average Bonchev–Trinajstić information content (AvgIpc) is 3.21. The molecule has 1 heterocycles. The van der Waals surface area contributed by atoms with Crippen LogP contribution in [0.5, 0.6) is 17.2 Å². The topological polar surface area (TPSA) is 91.7 Å². The third kappa shape index (κ3) is 5.42. The number of ether oxygens (including phenoxy) is 3. The minimum absolute atomic E-state index is 0.0316. The zero-order valence-electron chi connectivity index (χ0n) is 17.9. The molecule has 0 saturated carbocycles. The molecule has 8 heteroatoms. The van der Waals surface area contributed by atoms with Gasteiger partial charge in [0.1, 0.15) is 29.1 Å². The molecule has 0 aliphatic heterocycles. The van der Waals surface area contributed by atoms with Crippen molar-refractivity contribution in [3.05, 3.63) is 71.8 Å². The number of carbonyl (C=O) groups is 2. The van der Waals surface area contributed by atoms with Gasteiger partial charge in [-0.3, -0.25) is 9.59 Å². The predicted molar refractivity (Wildman–Crippen MR) is 115 cm³/mol. The fourth-order valence-corrected chi connectivity index (χ4v) is 3.09. The SMILES string of the molecule is COc1cc(OC)cc([C@H](NC(=O)COc2ccc(C(C)=O)cc2)c2nccn2C)c1. The number of aryl methyl sites for hydroxylation is 1. The Labute approximate surface area is 180 Å². The molecule has 3 aromatic rings. The van der Waals surface area contributed by atoms with Crippen molar-refractivity contribution in [2.24, 2.45) is 7.05 Å². The lowest BCUT2D eigenvalue weighted by molar-refractivity contribution is -0.123. The zero-order chi connectivity index (χ0) is 22.4. The highest BCUT2D eigenvalue weighted by Crippen LogP contribution is 2.29. The second kappa shape index (κ2) is 9.80. The van der Waals surface area contributed by atoms with Gasteiger partial charge in [0.25, 0.3) is 5.91 Å². The Morgan fingerprint density at radius 3 is 2.19 bits per heavy atom. The Morgan fingerprint density at radius 1 is 1.03 bits per heavy atom. The van der Waals surface area contributed by atoms with Gasteiger partial charge in [-0.25, -0.2) is 4.98 Å². The number of ketones is 1. The monoisotopic (exact) mass is 423 g/mol. The summed E-state index contributed by atoms with van der Waals surface area (Å²) >= 11 is 0. The average molecular weight is 423 g/mol. The standard InChI is InChI=1S/C23H25N3O5/c1-15(27)16-5-7-18(8-6-16)31-14-21(28)25-22(23-24-9-10-26(23)2)17-11-19(29-3)13-20(12-17)30-4/h5-13,22H,14H2,1-4H3,(H,25,28)/t22-/m0/s1. The molecular formula is C23H25N3O5. The van der Waals surface area contributed by atoms with Crippen LogP contribution < -0.4 is 19.5 Å². The molecule has 0 aliphatic rings. The number of methoxy groups -OCH3 is 2. The van der Waals surface area contributed by atoms with E-state index in [-0.39, 0.29) is 18.3 Å². The summed E-state index contributed by atoms with van der Waals surface area (Å²) in [5.41, 5.74) is 1.34. The molecule has 0 aliphatic carbocycles. The lowest BCUT2D eigenvalue weighted by atomic mass is 10.0. The largest absolute Gasteiger partial charge is 0.497 e. The zero-order valence-corrected chi connectivity index (χ0v) is 17.9. The first-order chi connectivity index (χ1) is 14.9. The molecule has 0 unspecified atom stereocenters. The van der Waals surface area contributed by atoms with Gasteiger partial charge in [-0.2, -0.15) is 0 Å². The summed E-state index contributed by atoms with van der Waals surface area (Å²) in [6.07, 6.45) is 3.47. The van der Waals surface area contributed by atoms with Gasteiger partial charge in [0.05, 0.1) is 14.2 Å². The normalized spacial score (nSPS) is 11.5. The van der Waals surface area contributed by atoms with Crippen molar-refractivity contribution < 1.29 is 23.8 Å². The summed E-state index contributed by atoms with van der Waals surface area (Å²) in [6.45, 7) is 1.30. The van der Waals surface area contributed by atoms with Crippen molar-refractivity contribution in [1.82, 2.24) is 14.9 Å². The summed E-state index contributed by atoms with van der Waals surface area (Å²) in [7, 11) is 4.99. The van der Waals surface area contributed by atoms with Gasteiger partial charge in [0.15, 0.2) is 12.4 Å². The number of hydrogen-bond acceptors (Lipinski definition) is 6. The van der Waals surface area contributed by atoms with Crippen molar-refractivity contribution in [2.75, 3.05) is 20.8 Å². The molecule has 0 saturated heterocycles. The van der Waals surface area contributed by atoms with Crippen molar-refractivity contribution in [3.63, 3.8) is 0 Å². The summed E-state index contributed by atoms with van der Waals surface area (Å²) in [6, 6.07) is 11.5. The van der Waals surface area contributed by atoms with Crippen molar-refractivity contribution in [3.8, 4) is 17.2 Å². The number of benzene rings is 2. The second-order valence-electron chi connectivity index (χ2n) is 6.91. The number of aromatic nitrogens is 2. The van der Waals surface area contributed by atoms with Crippen LogP contribution in [0.2, 0.25) is 0 Å². The molecule has 2 aromatic carbocycles. The smallest absolute Gasteiger partial charge is 0.258 e. The molecule has 0 radical (unpaired) electrons. The van der Waals surface area contributed by atoms with Crippen LogP contribution in [0.15, 0.2) is 54.9 Å². The van der Waals surface area contributed by atoms with Crippen molar-refractivity contribution in [2.45, 2.75) is 13.0 Å². The molecule has 31 heavy (non-hydrogen) atoms. The van der Waals surface area contributed by atoms with E-state index in [1.807, 2.05) is 23.7 Å². The van der Waals surface area contributed by atoms with Gasteiger partial charge in [0.2, 0.25) is 0 Å². The van der Waals surface area contributed by atoms with Gasteiger partial charge in [0, 0.05) is 31.1 Å². The Hall–Kier alpha value is -3.81. The molecule has 1 amide bonds. The Kier molecular flexibility index (Phi) is 6.92. The number of hydrogen-bond donors (Lipinski definition) is 1. The van der Waals surface area contributed by atoms with Crippen molar-refractivity contribution >= 4 is 11.7 Å².